The molecule has 0 fully saturated rings. The van der Waals surface area contributed by atoms with Crippen LogP contribution in [0.3, 0.4) is 0 Å². The Labute approximate surface area is 137 Å². The molecule has 6 nitrogen and oxygen atoms in total. The maximum absolute atomic E-state index is 14.1. The number of nitrogens with zero attached hydrogens (tertiary/aromatic N) is 2. The predicted molar refractivity (Wildman–Crippen MR) is 86.2 cm³/mol. The van der Waals surface area contributed by atoms with Gasteiger partial charge < -0.3 is 10.1 Å². The second-order valence-electron chi connectivity index (χ2n) is 5.12. The summed E-state index contributed by atoms with van der Waals surface area (Å²) < 4.78 is 19.5. The maximum atomic E-state index is 14.1. The van der Waals surface area contributed by atoms with Gasteiger partial charge in [0.1, 0.15) is 6.61 Å². The van der Waals surface area contributed by atoms with Crippen molar-refractivity contribution in [3.63, 3.8) is 0 Å². The van der Waals surface area contributed by atoms with Gasteiger partial charge in [0.15, 0.2) is 11.6 Å². The molecule has 3 rings (SSSR count). The van der Waals surface area contributed by atoms with Crippen molar-refractivity contribution >= 4 is 11.6 Å². The van der Waals surface area contributed by atoms with Gasteiger partial charge in [-0.3, -0.25) is 14.9 Å². The Morgan fingerprint density at radius 3 is 2.88 bits per heavy atom. The van der Waals surface area contributed by atoms with Crippen LogP contribution < -0.4 is 10.1 Å². The summed E-state index contributed by atoms with van der Waals surface area (Å²) in [5.41, 5.74) is 2.09. The fourth-order valence-electron chi connectivity index (χ4n) is 2.11. The first-order chi connectivity index (χ1) is 11.6. The van der Waals surface area contributed by atoms with Crippen molar-refractivity contribution in [3.05, 3.63) is 71.6 Å². The number of anilines is 1. The van der Waals surface area contributed by atoms with E-state index in [-0.39, 0.29) is 18.3 Å². The molecule has 7 heteroatoms. The van der Waals surface area contributed by atoms with Crippen molar-refractivity contribution < 1.29 is 13.9 Å². The van der Waals surface area contributed by atoms with Crippen LogP contribution in [0.25, 0.3) is 0 Å². The van der Waals surface area contributed by atoms with Crippen LogP contribution in [-0.4, -0.2) is 21.1 Å². The van der Waals surface area contributed by atoms with Gasteiger partial charge in [0.05, 0.1) is 17.5 Å². The zero-order chi connectivity index (χ0) is 16.9. The Kier molecular flexibility index (Phi) is 4.51. The molecule has 0 aliphatic heterocycles. The van der Waals surface area contributed by atoms with Crippen LogP contribution in [0.5, 0.6) is 5.75 Å². The van der Waals surface area contributed by atoms with Crippen molar-refractivity contribution in [2.45, 2.75) is 13.5 Å². The van der Waals surface area contributed by atoms with E-state index in [1.54, 1.807) is 31.3 Å². The number of halogens is 1. The molecule has 0 saturated heterocycles. The molecule has 2 heterocycles. The van der Waals surface area contributed by atoms with Crippen molar-refractivity contribution in [2.75, 3.05) is 5.32 Å². The Balaban J connectivity index is 1.66. The summed E-state index contributed by atoms with van der Waals surface area (Å²) in [6.07, 6.45) is 3.07. The summed E-state index contributed by atoms with van der Waals surface area (Å²) in [4.78, 5) is 16.2. The van der Waals surface area contributed by atoms with Crippen LogP contribution in [0, 0.1) is 12.7 Å². The topological polar surface area (TPSA) is 79.9 Å². The Morgan fingerprint density at radius 1 is 1.33 bits per heavy atom. The number of aryl methyl sites for hydroxylation is 1. The number of nitrogens with one attached hydrogen (secondary N) is 2. The summed E-state index contributed by atoms with van der Waals surface area (Å²) >= 11 is 0. The lowest BCUT2D eigenvalue weighted by Crippen LogP contribution is -2.12. The molecule has 0 radical (unpaired) electrons. The lowest BCUT2D eigenvalue weighted by molar-refractivity contribution is 0.102. The average molecular weight is 326 g/mol. The molecular formula is C17H15FN4O2. The molecule has 0 aliphatic rings. The molecule has 0 atom stereocenters. The van der Waals surface area contributed by atoms with Gasteiger partial charge in [0.25, 0.3) is 5.91 Å². The number of aromatic amines is 1. The van der Waals surface area contributed by atoms with Gasteiger partial charge in [0.2, 0.25) is 0 Å². The van der Waals surface area contributed by atoms with Gasteiger partial charge in [-0.2, -0.15) is 5.10 Å². The molecule has 1 aromatic carbocycles. The zero-order valence-electron chi connectivity index (χ0n) is 12.9. The van der Waals surface area contributed by atoms with Gasteiger partial charge in [-0.05, 0) is 31.2 Å². The third-order valence-corrected chi connectivity index (χ3v) is 3.37. The smallest absolute Gasteiger partial charge is 0.259 e. The number of amides is 1. The highest BCUT2D eigenvalue weighted by Crippen LogP contribution is 2.22. The minimum absolute atomic E-state index is 0.0955. The molecule has 3 aromatic rings. The van der Waals surface area contributed by atoms with Crippen LogP contribution in [0.1, 0.15) is 21.7 Å². The van der Waals surface area contributed by atoms with Gasteiger partial charge in [0, 0.05) is 23.6 Å². The van der Waals surface area contributed by atoms with Crippen molar-refractivity contribution in [1.29, 1.82) is 0 Å². The SMILES string of the molecule is Cc1[nH]ncc1C(=O)Nc1ccc(OCc2ccccn2)c(F)c1. The van der Waals surface area contributed by atoms with Gasteiger partial charge in [-0.15, -0.1) is 0 Å². The number of rotatable bonds is 5. The van der Waals surface area contributed by atoms with Crippen molar-refractivity contribution in [2.24, 2.45) is 0 Å². The molecule has 24 heavy (non-hydrogen) atoms. The first kappa shape index (κ1) is 15.7. The number of ether oxygens (including phenoxy) is 1. The minimum atomic E-state index is -0.562. The average Bonchev–Trinajstić information content (AvgIpc) is 3.01. The number of hydrogen-bond acceptors (Lipinski definition) is 4. The van der Waals surface area contributed by atoms with Crippen molar-refractivity contribution in [1.82, 2.24) is 15.2 Å². The number of aromatic nitrogens is 3. The molecule has 0 bridgehead atoms. The third-order valence-electron chi connectivity index (χ3n) is 3.37. The Bertz CT molecular complexity index is 849. The first-order valence-electron chi connectivity index (χ1n) is 7.27. The van der Waals surface area contributed by atoms with Crippen LogP contribution in [0.15, 0.2) is 48.8 Å². The van der Waals surface area contributed by atoms with E-state index < -0.39 is 5.82 Å². The van der Waals surface area contributed by atoms with Crippen LogP contribution in [0.2, 0.25) is 0 Å². The lowest BCUT2D eigenvalue weighted by Gasteiger charge is -2.09. The summed E-state index contributed by atoms with van der Waals surface area (Å²) in [5, 5.41) is 9.08. The van der Waals surface area contributed by atoms with E-state index in [0.717, 1.165) is 0 Å². The van der Waals surface area contributed by atoms with E-state index >= 15 is 0 Å². The third kappa shape index (κ3) is 3.57. The molecule has 2 N–H and O–H groups in total. The van der Waals surface area contributed by atoms with Gasteiger partial charge >= 0.3 is 0 Å². The largest absolute Gasteiger partial charge is 0.484 e. The number of hydrogen-bond donors (Lipinski definition) is 2. The van der Waals surface area contributed by atoms with Gasteiger partial charge in [-0.1, -0.05) is 6.07 Å². The van der Waals surface area contributed by atoms with Crippen LogP contribution >= 0.6 is 0 Å². The zero-order valence-corrected chi connectivity index (χ0v) is 12.9. The molecule has 2 aromatic heterocycles. The monoisotopic (exact) mass is 326 g/mol. The Morgan fingerprint density at radius 2 is 2.21 bits per heavy atom. The fourth-order valence-corrected chi connectivity index (χ4v) is 2.11. The van der Waals surface area contributed by atoms with Gasteiger partial charge in [-0.25, -0.2) is 4.39 Å². The van der Waals surface area contributed by atoms with Crippen LogP contribution in [-0.2, 0) is 6.61 Å². The summed E-state index contributed by atoms with van der Waals surface area (Å²) in [6.45, 7) is 1.90. The van der Waals surface area contributed by atoms with E-state index in [1.807, 2.05) is 6.07 Å². The standard InChI is InChI=1S/C17H15FN4O2/c1-11-14(9-20-22-11)17(23)21-12-5-6-16(15(18)8-12)24-10-13-4-2-3-7-19-13/h2-9H,10H2,1H3,(H,20,22)(H,21,23). The van der Waals surface area contributed by atoms with Crippen molar-refractivity contribution in [3.8, 4) is 5.75 Å². The summed E-state index contributed by atoms with van der Waals surface area (Å²) in [5.74, 6) is -0.825. The Hall–Kier alpha value is -3.22. The number of pyridine rings is 1. The minimum Gasteiger partial charge on any atom is -0.484 e. The molecular weight excluding hydrogens is 311 g/mol. The normalized spacial score (nSPS) is 10.4. The lowest BCUT2D eigenvalue weighted by atomic mass is 10.2. The van der Waals surface area contributed by atoms with E-state index in [2.05, 4.69) is 20.5 Å². The fraction of sp³-hybridized carbons (Fsp3) is 0.118. The van der Waals surface area contributed by atoms with E-state index in [1.165, 1.54) is 18.3 Å². The number of carbonyl (C=O) groups is 1. The molecule has 0 saturated carbocycles. The highest BCUT2D eigenvalue weighted by atomic mass is 19.1. The first-order valence-corrected chi connectivity index (χ1v) is 7.27. The number of benzene rings is 1. The number of H-pyrrole nitrogens is 1. The molecule has 0 spiro atoms. The van der Waals surface area contributed by atoms with Crippen LogP contribution in [0.4, 0.5) is 10.1 Å². The summed E-state index contributed by atoms with van der Waals surface area (Å²) in [7, 11) is 0. The quantitative estimate of drug-likeness (QED) is 0.755. The second kappa shape index (κ2) is 6.91. The maximum Gasteiger partial charge on any atom is 0.259 e. The highest BCUT2D eigenvalue weighted by Gasteiger charge is 2.12. The van der Waals surface area contributed by atoms with E-state index in [4.69, 9.17) is 4.74 Å². The van der Waals surface area contributed by atoms with E-state index in [0.29, 0.717) is 22.6 Å². The molecule has 0 unspecified atom stereocenters. The van der Waals surface area contributed by atoms with E-state index in [9.17, 15) is 9.18 Å². The molecule has 122 valence electrons. The highest BCUT2D eigenvalue weighted by molar-refractivity contribution is 6.04. The molecule has 1 amide bonds. The second-order valence-corrected chi connectivity index (χ2v) is 5.12. The summed E-state index contributed by atoms with van der Waals surface area (Å²) in [6, 6.07) is 9.67. The number of carbonyl (C=O) groups excluding carboxylic acids is 1. The molecule has 0 aliphatic carbocycles. The predicted octanol–water partition coefficient (Wildman–Crippen LogP) is 3.08.